The predicted molar refractivity (Wildman–Crippen MR) is 57.6 cm³/mol. The molecule has 0 fully saturated rings. The zero-order chi connectivity index (χ0) is 10.8. The van der Waals surface area contributed by atoms with Crippen molar-refractivity contribution in [3.63, 3.8) is 0 Å². The molecule has 15 heavy (non-hydrogen) atoms. The number of rotatable bonds is 2. The first-order valence-corrected chi connectivity index (χ1v) is 4.52. The number of fused-ring (bicyclic) bond motifs is 1. The molecular formula is C11H10N2O2. The number of aldehydes is 1. The Bertz CT molecular complexity index is 528. The van der Waals surface area contributed by atoms with Crippen LogP contribution in [-0.4, -0.2) is 16.8 Å². The summed E-state index contributed by atoms with van der Waals surface area (Å²) in [6.07, 6.45) is 2.05. The highest BCUT2D eigenvalue weighted by Gasteiger charge is 2.07. The predicted octanol–water partition coefficient (Wildman–Crippen LogP) is 1.32. The molecule has 0 aliphatic carbocycles. The van der Waals surface area contributed by atoms with Gasteiger partial charge in [0, 0.05) is 24.1 Å². The molecule has 0 bridgehead atoms. The Morgan fingerprint density at radius 1 is 1.40 bits per heavy atom. The maximum Gasteiger partial charge on any atom is 0.288 e. The number of nitrogens with zero attached hydrogens (tertiary/aromatic N) is 1. The lowest BCUT2D eigenvalue weighted by atomic mass is 10.2. The normalized spacial score (nSPS) is 10.2. The molecule has 1 N–H and O–H groups in total. The molecule has 0 saturated heterocycles. The van der Waals surface area contributed by atoms with Crippen LogP contribution in [0.4, 0.5) is 5.69 Å². The van der Waals surface area contributed by atoms with E-state index in [0.717, 1.165) is 10.9 Å². The fourth-order valence-electron chi connectivity index (χ4n) is 1.60. The molecule has 2 rings (SSSR count). The van der Waals surface area contributed by atoms with Crippen molar-refractivity contribution >= 4 is 28.8 Å². The van der Waals surface area contributed by atoms with Gasteiger partial charge in [0.2, 0.25) is 6.29 Å². The lowest BCUT2D eigenvalue weighted by Crippen LogP contribution is -2.11. The molecule has 4 heteroatoms. The number of carbonyl (C=O) groups is 2. The SMILES string of the molecule is Cn1cc(NC(=O)C=O)c2ccccc21. The van der Waals surface area contributed by atoms with Gasteiger partial charge in [-0.15, -0.1) is 0 Å². The van der Waals surface area contributed by atoms with Gasteiger partial charge in [-0.1, -0.05) is 18.2 Å². The van der Waals surface area contributed by atoms with E-state index in [1.54, 1.807) is 6.20 Å². The second kappa shape index (κ2) is 3.57. The van der Waals surface area contributed by atoms with E-state index in [1.165, 1.54) is 0 Å². The third kappa shape index (κ3) is 1.61. The Hall–Kier alpha value is -2.10. The van der Waals surface area contributed by atoms with Gasteiger partial charge < -0.3 is 9.88 Å². The van der Waals surface area contributed by atoms with E-state index < -0.39 is 5.91 Å². The van der Waals surface area contributed by atoms with Gasteiger partial charge in [0.25, 0.3) is 5.91 Å². The maximum absolute atomic E-state index is 10.9. The van der Waals surface area contributed by atoms with E-state index in [-0.39, 0.29) is 6.29 Å². The molecule has 0 saturated carbocycles. The second-order valence-electron chi connectivity index (χ2n) is 3.28. The van der Waals surface area contributed by atoms with Crippen molar-refractivity contribution in [3.8, 4) is 0 Å². The van der Waals surface area contributed by atoms with Gasteiger partial charge in [-0.2, -0.15) is 0 Å². The first kappa shape index (κ1) is 9.45. The molecule has 1 amide bonds. The van der Waals surface area contributed by atoms with Crippen LogP contribution < -0.4 is 5.32 Å². The average molecular weight is 202 g/mol. The van der Waals surface area contributed by atoms with Crippen molar-refractivity contribution in [3.05, 3.63) is 30.5 Å². The molecule has 1 aromatic carbocycles. The zero-order valence-electron chi connectivity index (χ0n) is 8.23. The number of benzene rings is 1. The van der Waals surface area contributed by atoms with E-state index >= 15 is 0 Å². The van der Waals surface area contributed by atoms with Gasteiger partial charge >= 0.3 is 0 Å². The van der Waals surface area contributed by atoms with Crippen molar-refractivity contribution in [1.29, 1.82) is 0 Å². The number of hydrogen-bond acceptors (Lipinski definition) is 2. The largest absolute Gasteiger partial charge is 0.348 e. The number of nitrogens with one attached hydrogen (secondary N) is 1. The molecule has 0 atom stereocenters. The Balaban J connectivity index is 2.52. The number of hydrogen-bond donors (Lipinski definition) is 1. The minimum absolute atomic E-state index is 0.266. The van der Waals surface area contributed by atoms with Crippen LogP contribution in [0.25, 0.3) is 10.9 Å². The molecule has 1 aromatic heterocycles. The molecule has 0 aliphatic rings. The molecule has 4 nitrogen and oxygen atoms in total. The van der Waals surface area contributed by atoms with Gasteiger partial charge in [-0.25, -0.2) is 0 Å². The van der Waals surface area contributed by atoms with Gasteiger partial charge in [-0.05, 0) is 6.07 Å². The van der Waals surface area contributed by atoms with Gasteiger partial charge in [0.05, 0.1) is 5.69 Å². The first-order chi connectivity index (χ1) is 7.22. The summed E-state index contributed by atoms with van der Waals surface area (Å²) in [6.45, 7) is 0. The zero-order valence-corrected chi connectivity index (χ0v) is 8.23. The summed E-state index contributed by atoms with van der Waals surface area (Å²) in [5, 5.41) is 3.45. The summed E-state index contributed by atoms with van der Waals surface area (Å²) in [6, 6.07) is 7.66. The standard InChI is InChI=1S/C11H10N2O2/c1-13-6-9(12-11(15)7-14)8-4-2-3-5-10(8)13/h2-7H,1H3,(H,12,15). The van der Waals surface area contributed by atoms with Crippen molar-refractivity contribution in [2.24, 2.45) is 7.05 Å². The van der Waals surface area contributed by atoms with E-state index in [2.05, 4.69) is 5.32 Å². The van der Waals surface area contributed by atoms with Gasteiger partial charge in [0.15, 0.2) is 0 Å². The minimum atomic E-state index is -0.633. The topological polar surface area (TPSA) is 51.1 Å². The van der Waals surface area contributed by atoms with E-state index in [1.807, 2.05) is 35.9 Å². The Labute approximate surface area is 86.5 Å². The maximum atomic E-state index is 10.9. The van der Waals surface area contributed by atoms with Crippen LogP contribution >= 0.6 is 0 Å². The molecule has 0 radical (unpaired) electrons. The quantitative estimate of drug-likeness (QED) is 0.589. The molecule has 0 unspecified atom stereocenters. The van der Waals surface area contributed by atoms with E-state index in [0.29, 0.717) is 5.69 Å². The Kier molecular flexibility index (Phi) is 2.25. The number of aromatic nitrogens is 1. The molecule has 76 valence electrons. The molecule has 0 spiro atoms. The molecule has 2 aromatic rings. The van der Waals surface area contributed by atoms with Gasteiger partial charge in [-0.3, -0.25) is 9.59 Å². The first-order valence-electron chi connectivity index (χ1n) is 4.52. The molecule has 0 aliphatic heterocycles. The monoisotopic (exact) mass is 202 g/mol. The Morgan fingerprint density at radius 2 is 2.13 bits per heavy atom. The van der Waals surface area contributed by atoms with E-state index in [9.17, 15) is 9.59 Å². The molecular weight excluding hydrogens is 192 g/mol. The fraction of sp³-hybridized carbons (Fsp3) is 0.0909. The average Bonchev–Trinajstić information content (AvgIpc) is 2.57. The van der Waals surface area contributed by atoms with Crippen molar-refractivity contribution in [2.45, 2.75) is 0 Å². The van der Waals surface area contributed by atoms with Crippen LogP contribution in [0.2, 0.25) is 0 Å². The van der Waals surface area contributed by atoms with Crippen molar-refractivity contribution < 1.29 is 9.59 Å². The third-order valence-corrected chi connectivity index (χ3v) is 2.26. The summed E-state index contributed by atoms with van der Waals surface area (Å²) in [4.78, 5) is 21.2. The highest BCUT2D eigenvalue weighted by molar-refractivity contribution is 6.30. The lowest BCUT2D eigenvalue weighted by Gasteiger charge is -1.96. The van der Waals surface area contributed by atoms with Crippen LogP contribution in [0.15, 0.2) is 30.5 Å². The second-order valence-corrected chi connectivity index (χ2v) is 3.28. The number of carbonyl (C=O) groups excluding carboxylic acids is 2. The third-order valence-electron chi connectivity index (χ3n) is 2.26. The number of amides is 1. The fourth-order valence-corrected chi connectivity index (χ4v) is 1.60. The number of para-hydroxylation sites is 1. The van der Waals surface area contributed by atoms with Crippen LogP contribution in [0.1, 0.15) is 0 Å². The lowest BCUT2D eigenvalue weighted by molar-refractivity contribution is -0.127. The van der Waals surface area contributed by atoms with E-state index in [4.69, 9.17) is 0 Å². The van der Waals surface area contributed by atoms with Crippen LogP contribution in [-0.2, 0) is 16.6 Å². The van der Waals surface area contributed by atoms with Crippen molar-refractivity contribution in [2.75, 3.05) is 5.32 Å². The summed E-state index contributed by atoms with van der Waals surface area (Å²) in [7, 11) is 1.89. The minimum Gasteiger partial charge on any atom is -0.348 e. The highest BCUT2D eigenvalue weighted by Crippen LogP contribution is 2.24. The number of aryl methyl sites for hydroxylation is 1. The highest BCUT2D eigenvalue weighted by atomic mass is 16.2. The van der Waals surface area contributed by atoms with Crippen molar-refractivity contribution in [1.82, 2.24) is 4.57 Å². The summed E-state index contributed by atoms with van der Waals surface area (Å²) in [5.74, 6) is -0.633. The van der Waals surface area contributed by atoms with Crippen LogP contribution in [0.5, 0.6) is 0 Å². The Morgan fingerprint density at radius 3 is 2.87 bits per heavy atom. The molecule has 1 heterocycles. The smallest absolute Gasteiger partial charge is 0.288 e. The van der Waals surface area contributed by atoms with Crippen LogP contribution in [0, 0.1) is 0 Å². The summed E-state index contributed by atoms with van der Waals surface area (Å²) >= 11 is 0. The van der Waals surface area contributed by atoms with Crippen LogP contribution in [0.3, 0.4) is 0 Å². The summed E-state index contributed by atoms with van der Waals surface area (Å²) < 4.78 is 1.90. The number of anilines is 1. The van der Waals surface area contributed by atoms with Gasteiger partial charge in [0.1, 0.15) is 0 Å². The summed E-state index contributed by atoms with van der Waals surface area (Å²) in [5.41, 5.74) is 1.67.